The summed E-state index contributed by atoms with van der Waals surface area (Å²) in [5.74, 6) is 0. The summed E-state index contributed by atoms with van der Waals surface area (Å²) in [6.45, 7) is 7.43. The minimum atomic E-state index is -3.06. The van der Waals surface area contributed by atoms with Crippen molar-refractivity contribution in [2.75, 3.05) is 19.3 Å². The quantitative estimate of drug-likeness (QED) is 0.913. The van der Waals surface area contributed by atoms with Crippen LogP contribution in [0, 0.1) is 13.8 Å². The third kappa shape index (κ3) is 4.22. The largest absolute Gasteiger partial charge is 0.307 e. The molecular weight excluding hydrogens is 320 g/mol. The van der Waals surface area contributed by atoms with Crippen LogP contribution in [-0.2, 0) is 10.0 Å². The highest BCUT2D eigenvalue weighted by Gasteiger charge is 2.26. The molecule has 4 nitrogen and oxygen atoms in total. The van der Waals surface area contributed by atoms with Crippen LogP contribution in [0.2, 0.25) is 5.02 Å². The summed E-state index contributed by atoms with van der Waals surface area (Å²) in [4.78, 5) is 0. The average Bonchev–Trinajstić information content (AvgIpc) is 2.42. The molecule has 0 aromatic heterocycles. The Bertz CT molecular complexity index is 638. The second-order valence-corrected chi connectivity index (χ2v) is 8.67. The Labute approximate surface area is 138 Å². The number of benzene rings is 1. The normalized spacial score (nSPS) is 19.3. The molecule has 1 N–H and O–H groups in total. The molecule has 22 heavy (non-hydrogen) atoms. The smallest absolute Gasteiger partial charge is 0.211 e. The zero-order valence-corrected chi connectivity index (χ0v) is 15.3. The fourth-order valence-electron chi connectivity index (χ4n) is 2.93. The molecule has 1 aliphatic rings. The number of rotatable bonds is 4. The van der Waals surface area contributed by atoms with E-state index < -0.39 is 10.0 Å². The summed E-state index contributed by atoms with van der Waals surface area (Å²) in [5.41, 5.74) is 3.54. The highest BCUT2D eigenvalue weighted by Crippen LogP contribution is 2.27. The van der Waals surface area contributed by atoms with E-state index in [0.29, 0.717) is 19.1 Å². The Kier molecular flexibility index (Phi) is 5.54. The minimum Gasteiger partial charge on any atom is -0.307 e. The van der Waals surface area contributed by atoms with E-state index in [2.05, 4.69) is 32.2 Å². The van der Waals surface area contributed by atoms with Crippen LogP contribution in [-0.4, -0.2) is 38.1 Å². The SMILES string of the molecule is Cc1cc(Cl)c([C@@H](C)NC2CCN(S(C)(=O)=O)CC2)cc1C. The van der Waals surface area contributed by atoms with Crippen LogP contribution in [0.15, 0.2) is 12.1 Å². The lowest BCUT2D eigenvalue weighted by molar-refractivity contribution is 0.278. The van der Waals surface area contributed by atoms with Gasteiger partial charge >= 0.3 is 0 Å². The fraction of sp³-hybridized carbons (Fsp3) is 0.625. The second-order valence-electron chi connectivity index (χ2n) is 6.28. The van der Waals surface area contributed by atoms with Gasteiger partial charge in [0.05, 0.1) is 6.26 Å². The lowest BCUT2D eigenvalue weighted by Gasteiger charge is -2.32. The molecule has 6 heteroatoms. The van der Waals surface area contributed by atoms with Gasteiger partial charge in [0, 0.05) is 30.2 Å². The highest BCUT2D eigenvalue weighted by molar-refractivity contribution is 7.88. The maximum atomic E-state index is 11.5. The molecule has 1 saturated heterocycles. The van der Waals surface area contributed by atoms with Gasteiger partial charge in [-0.15, -0.1) is 0 Å². The molecule has 0 amide bonds. The van der Waals surface area contributed by atoms with Crippen molar-refractivity contribution >= 4 is 21.6 Å². The third-order valence-corrected chi connectivity index (χ3v) is 6.12. The van der Waals surface area contributed by atoms with E-state index in [1.165, 1.54) is 17.4 Å². The van der Waals surface area contributed by atoms with E-state index in [4.69, 9.17) is 11.6 Å². The molecule has 0 spiro atoms. The summed E-state index contributed by atoms with van der Waals surface area (Å²) < 4.78 is 24.6. The van der Waals surface area contributed by atoms with E-state index in [9.17, 15) is 8.42 Å². The van der Waals surface area contributed by atoms with Gasteiger partial charge in [-0.1, -0.05) is 17.7 Å². The van der Waals surface area contributed by atoms with Gasteiger partial charge in [-0.2, -0.15) is 0 Å². The summed E-state index contributed by atoms with van der Waals surface area (Å²) in [6, 6.07) is 4.63. The van der Waals surface area contributed by atoms with Gasteiger partial charge in [-0.25, -0.2) is 12.7 Å². The fourth-order valence-corrected chi connectivity index (χ4v) is 4.19. The summed E-state index contributed by atoms with van der Waals surface area (Å²) in [5, 5.41) is 4.38. The van der Waals surface area contributed by atoms with E-state index >= 15 is 0 Å². The molecule has 0 bridgehead atoms. The molecule has 1 heterocycles. The molecule has 1 aromatic carbocycles. The number of aryl methyl sites for hydroxylation is 2. The molecule has 1 aliphatic heterocycles. The van der Waals surface area contributed by atoms with E-state index in [-0.39, 0.29) is 6.04 Å². The highest BCUT2D eigenvalue weighted by atomic mass is 35.5. The molecule has 0 aliphatic carbocycles. The number of piperidine rings is 1. The molecule has 1 atom stereocenters. The molecule has 0 radical (unpaired) electrons. The first-order valence-corrected chi connectivity index (χ1v) is 9.89. The predicted octanol–water partition coefficient (Wildman–Crippen LogP) is 3.03. The van der Waals surface area contributed by atoms with Crippen molar-refractivity contribution in [2.24, 2.45) is 0 Å². The van der Waals surface area contributed by atoms with Gasteiger partial charge in [-0.3, -0.25) is 0 Å². The lowest BCUT2D eigenvalue weighted by atomic mass is 9.99. The first-order chi connectivity index (χ1) is 10.2. The lowest BCUT2D eigenvalue weighted by Crippen LogP contribution is -2.45. The number of hydrogen-bond donors (Lipinski definition) is 1. The van der Waals surface area contributed by atoms with Crippen LogP contribution in [0.3, 0.4) is 0 Å². The number of hydrogen-bond acceptors (Lipinski definition) is 3. The number of nitrogens with one attached hydrogen (secondary N) is 1. The van der Waals surface area contributed by atoms with Crippen molar-refractivity contribution in [3.8, 4) is 0 Å². The number of sulfonamides is 1. The summed E-state index contributed by atoms with van der Waals surface area (Å²) in [6.07, 6.45) is 2.94. The van der Waals surface area contributed by atoms with Crippen LogP contribution in [0.4, 0.5) is 0 Å². The van der Waals surface area contributed by atoms with Crippen LogP contribution >= 0.6 is 11.6 Å². The Hall–Kier alpha value is -0.620. The molecule has 0 saturated carbocycles. The number of halogens is 1. The standard InChI is InChI=1S/C16H25ClN2O2S/c1-11-9-15(16(17)10-12(11)2)13(3)18-14-5-7-19(8-6-14)22(4,20)21/h9-10,13-14,18H,5-8H2,1-4H3/t13-/m1/s1. The zero-order valence-electron chi connectivity index (χ0n) is 13.7. The van der Waals surface area contributed by atoms with Gasteiger partial charge in [-0.05, 0) is 56.4 Å². The Morgan fingerprint density at radius 2 is 1.77 bits per heavy atom. The van der Waals surface area contributed by atoms with E-state index in [1.807, 2.05) is 6.07 Å². The minimum absolute atomic E-state index is 0.154. The van der Waals surface area contributed by atoms with Crippen LogP contribution in [0.1, 0.15) is 42.5 Å². The van der Waals surface area contributed by atoms with E-state index in [1.54, 1.807) is 4.31 Å². The molecule has 1 fully saturated rings. The topological polar surface area (TPSA) is 49.4 Å². The molecular formula is C16H25ClN2O2S. The Morgan fingerprint density at radius 3 is 2.32 bits per heavy atom. The Balaban J connectivity index is 1.99. The van der Waals surface area contributed by atoms with Gasteiger partial charge in [0.2, 0.25) is 10.0 Å². The van der Waals surface area contributed by atoms with Gasteiger partial charge in [0.25, 0.3) is 0 Å². The Morgan fingerprint density at radius 1 is 1.23 bits per heavy atom. The first-order valence-electron chi connectivity index (χ1n) is 7.66. The van der Waals surface area contributed by atoms with Crippen molar-refractivity contribution in [3.63, 3.8) is 0 Å². The van der Waals surface area contributed by atoms with Crippen LogP contribution in [0.5, 0.6) is 0 Å². The number of nitrogens with zero attached hydrogens (tertiary/aromatic N) is 1. The monoisotopic (exact) mass is 344 g/mol. The molecule has 2 rings (SSSR count). The molecule has 1 aromatic rings. The molecule has 0 unspecified atom stereocenters. The van der Waals surface area contributed by atoms with Crippen molar-refractivity contribution in [3.05, 3.63) is 33.8 Å². The van der Waals surface area contributed by atoms with Gasteiger partial charge in [0.1, 0.15) is 0 Å². The average molecular weight is 345 g/mol. The maximum absolute atomic E-state index is 11.5. The summed E-state index contributed by atoms with van der Waals surface area (Å²) >= 11 is 6.37. The van der Waals surface area contributed by atoms with Crippen LogP contribution in [0.25, 0.3) is 0 Å². The zero-order chi connectivity index (χ0) is 16.5. The van der Waals surface area contributed by atoms with Crippen molar-refractivity contribution in [1.29, 1.82) is 0 Å². The third-order valence-electron chi connectivity index (χ3n) is 4.49. The van der Waals surface area contributed by atoms with Crippen LogP contribution < -0.4 is 5.32 Å². The van der Waals surface area contributed by atoms with Crippen molar-refractivity contribution < 1.29 is 8.42 Å². The summed E-state index contributed by atoms with van der Waals surface area (Å²) in [7, 11) is -3.06. The van der Waals surface area contributed by atoms with Crippen molar-refractivity contribution in [1.82, 2.24) is 9.62 Å². The predicted molar refractivity (Wildman–Crippen MR) is 91.9 cm³/mol. The van der Waals surface area contributed by atoms with Crippen molar-refractivity contribution in [2.45, 2.75) is 45.7 Å². The van der Waals surface area contributed by atoms with Gasteiger partial charge in [0.15, 0.2) is 0 Å². The molecule has 124 valence electrons. The first kappa shape index (κ1) is 17.7. The van der Waals surface area contributed by atoms with Gasteiger partial charge < -0.3 is 5.32 Å². The van der Waals surface area contributed by atoms with E-state index in [0.717, 1.165) is 23.4 Å². The second kappa shape index (κ2) is 6.87. The maximum Gasteiger partial charge on any atom is 0.211 e.